The van der Waals surface area contributed by atoms with E-state index in [-0.39, 0.29) is 11.5 Å². The molecule has 1 aromatic heterocycles. The predicted molar refractivity (Wildman–Crippen MR) is 67.5 cm³/mol. The van der Waals surface area contributed by atoms with E-state index < -0.39 is 16.8 Å². The fraction of sp³-hybridized carbons (Fsp3) is 0.0833. The van der Waals surface area contributed by atoms with Crippen molar-refractivity contribution in [1.29, 1.82) is 0 Å². The number of alkyl halides is 3. The van der Waals surface area contributed by atoms with Crippen molar-refractivity contribution >= 4 is 17.4 Å². The molecule has 0 unspecified atom stereocenters. The van der Waals surface area contributed by atoms with Gasteiger partial charge in [-0.15, -0.1) is 0 Å². The molecule has 0 saturated heterocycles. The maximum absolute atomic E-state index is 13.1. The first kappa shape index (κ1) is 13.6. The van der Waals surface area contributed by atoms with E-state index in [0.717, 1.165) is 6.07 Å². The molecule has 0 radical (unpaired) electrons. The number of rotatable bonds is 2. The number of pyridine rings is 1. The Morgan fingerprint density at radius 3 is 2.32 bits per heavy atom. The highest BCUT2D eigenvalue weighted by Gasteiger charge is 2.37. The summed E-state index contributed by atoms with van der Waals surface area (Å²) in [7, 11) is 0. The molecule has 0 aliphatic carbocycles. The van der Waals surface area contributed by atoms with Gasteiger partial charge in [0.1, 0.15) is 11.4 Å². The van der Waals surface area contributed by atoms with Crippen molar-refractivity contribution < 1.29 is 13.2 Å². The molecule has 0 atom stereocenters. The van der Waals surface area contributed by atoms with E-state index in [2.05, 4.69) is 10.4 Å². The monoisotopic (exact) mass is 287 g/mol. The Morgan fingerprint density at radius 1 is 1.16 bits per heavy atom. The zero-order valence-electron chi connectivity index (χ0n) is 9.50. The number of hydrazine groups is 1. The van der Waals surface area contributed by atoms with E-state index in [9.17, 15) is 13.2 Å². The quantitative estimate of drug-likeness (QED) is 0.654. The summed E-state index contributed by atoms with van der Waals surface area (Å²) < 4.78 is 39.2. The number of nitrogen functional groups attached to an aromatic ring is 1. The Balaban J connectivity index is 2.73. The summed E-state index contributed by atoms with van der Waals surface area (Å²) in [6.07, 6.45) is -4.59. The normalized spacial score (nSPS) is 11.4. The van der Waals surface area contributed by atoms with Gasteiger partial charge in [0, 0.05) is 11.6 Å². The molecule has 0 aliphatic rings. The van der Waals surface area contributed by atoms with Gasteiger partial charge in [-0.2, -0.15) is 13.2 Å². The molecular weight excluding hydrogens is 279 g/mol. The topological polar surface area (TPSA) is 50.9 Å². The first-order chi connectivity index (χ1) is 8.93. The molecule has 3 N–H and O–H groups in total. The molecule has 3 nitrogen and oxygen atoms in total. The number of nitrogens with two attached hydrogens (primary N) is 1. The number of nitrogens with zero attached hydrogens (tertiary/aromatic N) is 1. The number of halogens is 4. The molecule has 0 fully saturated rings. The summed E-state index contributed by atoms with van der Waals surface area (Å²) in [5.41, 5.74) is 1.28. The molecule has 0 saturated carbocycles. The van der Waals surface area contributed by atoms with Crippen LogP contribution in [0.15, 0.2) is 36.4 Å². The van der Waals surface area contributed by atoms with Crippen LogP contribution in [0, 0.1) is 0 Å². The minimum Gasteiger partial charge on any atom is -0.308 e. The SMILES string of the molecule is NNc1cc(Cl)c(C(F)(F)F)c(-c2ccccc2)n1. The molecule has 19 heavy (non-hydrogen) atoms. The van der Waals surface area contributed by atoms with Crippen LogP contribution in [0.5, 0.6) is 0 Å². The molecule has 0 aliphatic heterocycles. The van der Waals surface area contributed by atoms with Gasteiger partial charge in [-0.25, -0.2) is 10.8 Å². The summed E-state index contributed by atoms with van der Waals surface area (Å²) in [6.45, 7) is 0. The second-order valence-electron chi connectivity index (χ2n) is 3.72. The van der Waals surface area contributed by atoms with Gasteiger partial charge < -0.3 is 5.43 Å². The van der Waals surface area contributed by atoms with Crippen LogP contribution in [0.1, 0.15) is 5.56 Å². The van der Waals surface area contributed by atoms with E-state index in [1.165, 1.54) is 12.1 Å². The van der Waals surface area contributed by atoms with Gasteiger partial charge in [0.05, 0.1) is 10.7 Å². The van der Waals surface area contributed by atoms with Crippen LogP contribution in [-0.4, -0.2) is 4.98 Å². The van der Waals surface area contributed by atoms with Crippen molar-refractivity contribution in [2.45, 2.75) is 6.18 Å². The number of benzene rings is 1. The zero-order valence-corrected chi connectivity index (χ0v) is 10.3. The Hall–Kier alpha value is -1.79. The molecule has 2 rings (SSSR count). The first-order valence-electron chi connectivity index (χ1n) is 5.23. The highest BCUT2D eigenvalue weighted by molar-refractivity contribution is 6.32. The van der Waals surface area contributed by atoms with E-state index in [1.807, 2.05) is 0 Å². The fourth-order valence-corrected chi connectivity index (χ4v) is 1.96. The predicted octanol–water partition coefficient (Wildman–Crippen LogP) is 3.71. The number of nitrogens with one attached hydrogen (secondary N) is 1. The van der Waals surface area contributed by atoms with Gasteiger partial charge in [0.2, 0.25) is 0 Å². The van der Waals surface area contributed by atoms with Crippen LogP contribution in [0.4, 0.5) is 19.0 Å². The molecule has 1 aromatic carbocycles. The highest BCUT2D eigenvalue weighted by atomic mass is 35.5. The van der Waals surface area contributed by atoms with Crippen LogP contribution >= 0.6 is 11.6 Å². The first-order valence-corrected chi connectivity index (χ1v) is 5.61. The standard InChI is InChI=1S/C12H9ClF3N3/c13-8-6-9(19-17)18-11(10(8)12(14,15)16)7-4-2-1-3-5-7/h1-6H,17H2,(H,18,19). The van der Waals surface area contributed by atoms with Gasteiger partial charge in [-0.3, -0.25) is 0 Å². The van der Waals surface area contributed by atoms with Gasteiger partial charge in [0.15, 0.2) is 0 Å². The number of anilines is 1. The summed E-state index contributed by atoms with van der Waals surface area (Å²) >= 11 is 5.69. The Bertz CT molecular complexity index is 585. The molecule has 7 heteroatoms. The van der Waals surface area contributed by atoms with Crippen LogP contribution in [-0.2, 0) is 6.18 Å². The van der Waals surface area contributed by atoms with Crippen molar-refractivity contribution in [2.75, 3.05) is 5.43 Å². The summed E-state index contributed by atoms with van der Waals surface area (Å²) in [5, 5.41) is -0.450. The average molecular weight is 288 g/mol. The lowest BCUT2D eigenvalue weighted by Crippen LogP contribution is -2.14. The third kappa shape index (κ3) is 2.80. The van der Waals surface area contributed by atoms with Gasteiger partial charge in [0.25, 0.3) is 0 Å². The van der Waals surface area contributed by atoms with Gasteiger partial charge in [-0.05, 0) is 0 Å². The zero-order chi connectivity index (χ0) is 14.0. The number of aromatic nitrogens is 1. The van der Waals surface area contributed by atoms with Crippen molar-refractivity contribution in [2.24, 2.45) is 5.84 Å². The summed E-state index contributed by atoms with van der Waals surface area (Å²) in [5.74, 6) is 5.24. The number of hydrogen-bond donors (Lipinski definition) is 2. The third-order valence-electron chi connectivity index (χ3n) is 2.45. The molecule has 0 amide bonds. The van der Waals surface area contributed by atoms with E-state index >= 15 is 0 Å². The van der Waals surface area contributed by atoms with Crippen molar-refractivity contribution in [1.82, 2.24) is 4.98 Å². The second kappa shape index (κ2) is 5.07. The molecule has 100 valence electrons. The van der Waals surface area contributed by atoms with Gasteiger partial charge >= 0.3 is 6.18 Å². The lowest BCUT2D eigenvalue weighted by Gasteiger charge is -2.15. The smallest absolute Gasteiger partial charge is 0.308 e. The largest absolute Gasteiger partial charge is 0.419 e. The lowest BCUT2D eigenvalue weighted by atomic mass is 10.1. The maximum atomic E-state index is 13.1. The van der Waals surface area contributed by atoms with Crippen LogP contribution in [0.25, 0.3) is 11.3 Å². The minimum atomic E-state index is -4.59. The molecular formula is C12H9ClF3N3. The van der Waals surface area contributed by atoms with Gasteiger partial charge in [-0.1, -0.05) is 41.9 Å². The Morgan fingerprint density at radius 2 is 1.79 bits per heavy atom. The Labute approximate surface area is 112 Å². The summed E-state index contributed by atoms with van der Waals surface area (Å²) in [4.78, 5) is 3.85. The van der Waals surface area contributed by atoms with Crippen molar-refractivity contribution in [3.8, 4) is 11.3 Å². The van der Waals surface area contributed by atoms with E-state index in [1.54, 1.807) is 18.2 Å². The summed E-state index contributed by atoms with van der Waals surface area (Å²) in [6, 6.07) is 9.02. The number of hydrogen-bond acceptors (Lipinski definition) is 3. The molecule has 0 spiro atoms. The molecule has 1 heterocycles. The van der Waals surface area contributed by atoms with Crippen LogP contribution in [0.3, 0.4) is 0 Å². The fourth-order valence-electron chi connectivity index (χ4n) is 1.66. The molecule has 0 bridgehead atoms. The third-order valence-corrected chi connectivity index (χ3v) is 2.75. The Kier molecular flexibility index (Phi) is 3.64. The van der Waals surface area contributed by atoms with Crippen molar-refractivity contribution in [3.63, 3.8) is 0 Å². The van der Waals surface area contributed by atoms with E-state index in [4.69, 9.17) is 17.4 Å². The lowest BCUT2D eigenvalue weighted by molar-refractivity contribution is -0.137. The van der Waals surface area contributed by atoms with Crippen molar-refractivity contribution in [3.05, 3.63) is 47.0 Å². The minimum absolute atomic E-state index is 0.0665. The maximum Gasteiger partial charge on any atom is 0.419 e. The van der Waals surface area contributed by atoms with E-state index in [0.29, 0.717) is 5.56 Å². The van der Waals surface area contributed by atoms with Crippen LogP contribution < -0.4 is 11.3 Å². The molecule has 2 aromatic rings. The second-order valence-corrected chi connectivity index (χ2v) is 4.13. The van der Waals surface area contributed by atoms with Crippen LogP contribution in [0.2, 0.25) is 5.02 Å². The average Bonchev–Trinajstić information content (AvgIpc) is 2.37. The highest BCUT2D eigenvalue weighted by Crippen LogP contribution is 2.41.